The molecule has 10 nitrogen and oxygen atoms in total. The highest BCUT2D eigenvalue weighted by Crippen LogP contribution is 2.55. The van der Waals surface area contributed by atoms with E-state index in [-0.39, 0.29) is 37.6 Å². The molecule has 0 amide bonds. The number of halogens is 1. The fourth-order valence-electron chi connectivity index (χ4n) is 8.05. The van der Waals surface area contributed by atoms with E-state index in [2.05, 4.69) is 72.3 Å². The van der Waals surface area contributed by atoms with E-state index in [9.17, 15) is 25.4 Å². The van der Waals surface area contributed by atoms with Crippen LogP contribution in [0.15, 0.2) is 79.2 Å². The molecule has 3 N–H and O–H groups in total. The average Bonchev–Trinajstić information content (AvgIpc) is 3.74. The lowest BCUT2D eigenvalue weighted by molar-refractivity contribution is -0.142. The number of aliphatic carboxylic acids is 1. The molecule has 3 aliphatic rings. The first-order chi connectivity index (χ1) is 25.5. The van der Waals surface area contributed by atoms with Gasteiger partial charge in [0, 0.05) is 73.0 Å². The molecule has 2 saturated heterocycles. The summed E-state index contributed by atoms with van der Waals surface area (Å²) in [5.41, 5.74) is 3.44. The summed E-state index contributed by atoms with van der Waals surface area (Å²) in [7, 11) is 0. The van der Waals surface area contributed by atoms with Crippen molar-refractivity contribution in [1.82, 2.24) is 14.8 Å². The van der Waals surface area contributed by atoms with Crippen molar-refractivity contribution >= 4 is 23.1 Å². The van der Waals surface area contributed by atoms with Crippen LogP contribution in [0, 0.1) is 22.2 Å². The fourth-order valence-corrected chi connectivity index (χ4v) is 8.29. The Hall–Kier alpha value is -4.24. The largest absolute Gasteiger partial charge is 0.491 e. The third kappa shape index (κ3) is 8.94. The summed E-state index contributed by atoms with van der Waals surface area (Å²) in [6.45, 7) is 8.01. The lowest BCUT2D eigenvalue weighted by Gasteiger charge is -2.48. The van der Waals surface area contributed by atoms with Gasteiger partial charge in [-0.2, -0.15) is 5.26 Å². The Kier molecular flexibility index (Phi) is 12.2. The molecule has 2 aromatic carbocycles. The minimum absolute atomic E-state index is 0.112. The van der Waals surface area contributed by atoms with Crippen molar-refractivity contribution < 1.29 is 29.6 Å². The second-order valence-corrected chi connectivity index (χ2v) is 15.5. The number of allylic oxidation sites excluding steroid dienone is 3. The number of aliphatic hydroxyl groups excluding tert-OH is 2. The van der Waals surface area contributed by atoms with Gasteiger partial charge in [0.2, 0.25) is 0 Å². The minimum atomic E-state index is -0.996. The molecule has 3 heterocycles. The van der Waals surface area contributed by atoms with Crippen molar-refractivity contribution in [1.29, 1.82) is 5.26 Å². The van der Waals surface area contributed by atoms with Crippen LogP contribution in [0.3, 0.4) is 0 Å². The number of carboxylic acid groups (broad SMARTS) is 1. The lowest BCUT2D eigenvalue weighted by atomic mass is 9.57. The zero-order chi connectivity index (χ0) is 37.6. The zero-order valence-corrected chi connectivity index (χ0v) is 31.2. The molecule has 1 unspecified atom stereocenters. The maximum Gasteiger partial charge on any atom is 0.321 e. The van der Waals surface area contributed by atoms with Gasteiger partial charge in [-0.3, -0.25) is 14.7 Å². The first-order valence-corrected chi connectivity index (χ1v) is 18.8. The van der Waals surface area contributed by atoms with Gasteiger partial charge in [0.05, 0.1) is 29.4 Å². The van der Waals surface area contributed by atoms with Crippen LogP contribution < -0.4 is 9.47 Å². The van der Waals surface area contributed by atoms with Gasteiger partial charge >= 0.3 is 5.97 Å². The van der Waals surface area contributed by atoms with Gasteiger partial charge in [-0.15, -0.1) is 0 Å². The maximum absolute atomic E-state index is 12.0. The highest BCUT2D eigenvalue weighted by Gasteiger charge is 2.47. The summed E-state index contributed by atoms with van der Waals surface area (Å²) in [6.07, 6.45) is 12.5. The Balaban J connectivity index is 1.28. The fraction of sp³-hybridized carbons (Fsp3) is 0.452. The van der Waals surface area contributed by atoms with E-state index < -0.39 is 23.5 Å². The highest BCUT2D eigenvalue weighted by atomic mass is 35.5. The van der Waals surface area contributed by atoms with Crippen LogP contribution in [0.4, 0.5) is 0 Å². The van der Waals surface area contributed by atoms with Gasteiger partial charge < -0.3 is 29.7 Å². The number of pyridine rings is 1. The second kappa shape index (κ2) is 16.8. The molecule has 2 fully saturated rings. The van der Waals surface area contributed by atoms with Gasteiger partial charge in [-0.25, -0.2) is 0 Å². The van der Waals surface area contributed by atoms with E-state index in [0.717, 1.165) is 50.9 Å². The summed E-state index contributed by atoms with van der Waals surface area (Å²) in [6, 6.07) is 16.9. The molecule has 0 saturated carbocycles. The molecule has 0 radical (unpaired) electrons. The SMILES string of the molecule is CC1(C)C(c2ccccc2)=CC=CC1(CCCCN1CC[C@@H](O)C1)COc1cc(OCc2cncc(C#N)c2)c(CN2C[C@@H](O)C[C@H]2C(=O)O)cc1Cl. The van der Waals surface area contributed by atoms with E-state index in [1.165, 1.54) is 11.8 Å². The summed E-state index contributed by atoms with van der Waals surface area (Å²) in [4.78, 5) is 20.3. The molecule has 1 aliphatic carbocycles. The van der Waals surface area contributed by atoms with Crippen LogP contribution >= 0.6 is 11.6 Å². The number of benzene rings is 2. The monoisotopic (exact) mass is 740 g/mol. The Morgan fingerprint density at radius 1 is 1.06 bits per heavy atom. The van der Waals surface area contributed by atoms with E-state index in [1.807, 2.05) is 6.07 Å². The van der Waals surface area contributed by atoms with E-state index in [4.69, 9.17) is 21.1 Å². The van der Waals surface area contributed by atoms with Crippen molar-refractivity contribution in [2.45, 2.75) is 77.4 Å². The zero-order valence-electron chi connectivity index (χ0n) is 30.5. The van der Waals surface area contributed by atoms with Crippen LogP contribution in [0.5, 0.6) is 11.5 Å². The van der Waals surface area contributed by atoms with Crippen molar-refractivity contribution in [2.75, 3.05) is 32.8 Å². The van der Waals surface area contributed by atoms with E-state index in [1.54, 1.807) is 29.3 Å². The normalized spacial score (nSPS) is 24.2. The first kappa shape index (κ1) is 38.5. The number of nitriles is 1. The predicted octanol–water partition coefficient (Wildman–Crippen LogP) is 6.49. The molecule has 6 rings (SSSR count). The Bertz CT molecular complexity index is 1860. The molecular weight excluding hydrogens is 692 g/mol. The average molecular weight is 741 g/mol. The van der Waals surface area contributed by atoms with Crippen LogP contribution in [-0.4, -0.2) is 87.1 Å². The Morgan fingerprint density at radius 2 is 1.87 bits per heavy atom. The highest BCUT2D eigenvalue weighted by molar-refractivity contribution is 6.32. The van der Waals surface area contributed by atoms with Crippen molar-refractivity contribution in [2.24, 2.45) is 10.8 Å². The number of unbranched alkanes of at least 4 members (excludes halogenated alkanes) is 1. The minimum Gasteiger partial charge on any atom is -0.491 e. The number of hydrogen-bond donors (Lipinski definition) is 3. The summed E-state index contributed by atoms with van der Waals surface area (Å²) >= 11 is 6.97. The first-order valence-electron chi connectivity index (χ1n) is 18.4. The molecule has 2 aliphatic heterocycles. The Morgan fingerprint density at radius 3 is 2.60 bits per heavy atom. The molecule has 3 aromatic rings. The van der Waals surface area contributed by atoms with Crippen molar-refractivity contribution in [3.05, 3.63) is 106 Å². The van der Waals surface area contributed by atoms with Gasteiger partial charge in [0.15, 0.2) is 0 Å². The Labute approximate surface area is 316 Å². The molecule has 0 spiro atoms. The van der Waals surface area contributed by atoms with Crippen molar-refractivity contribution in [3.8, 4) is 17.6 Å². The summed E-state index contributed by atoms with van der Waals surface area (Å²) in [5, 5.41) is 40.0. The van der Waals surface area contributed by atoms with Crippen LogP contribution in [-0.2, 0) is 17.9 Å². The van der Waals surface area contributed by atoms with E-state index >= 15 is 0 Å². The van der Waals surface area contributed by atoms with Crippen LogP contribution in [0.1, 0.15) is 68.2 Å². The third-order valence-electron chi connectivity index (χ3n) is 11.2. The molecule has 0 bridgehead atoms. The summed E-state index contributed by atoms with van der Waals surface area (Å²) < 4.78 is 13.1. The van der Waals surface area contributed by atoms with Crippen molar-refractivity contribution in [3.63, 3.8) is 0 Å². The molecule has 11 heteroatoms. The number of nitrogens with zero attached hydrogens (tertiary/aromatic N) is 4. The number of carbonyl (C=O) groups is 1. The number of rotatable bonds is 15. The second-order valence-electron chi connectivity index (χ2n) is 15.1. The van der Waals surface area contributed by atoms with Gasteiger partial charge in [-0.1, -0.05) is 80.4 Å². The van der Waals surface area contributed by atoms with Crippen LogP contribution in [0.2, 0.25) is 5.02 Å². The van der Waals surface area contributed by atoms with Crippen LogP contribution in [0.25, 0.3) is 5.57 Å². The number of carboxylic acids is 1. The third-order valence-corrected chi connectivity index (χ3v) is 11.5. The number of likely N-dealkylation sites (tertiary alicyclic amines) is 2. The van der Waals surface area contributed by atoms with E-state index in [0.29, 0.717) is 39.8 Å². The quantitative estimate of drug-likeness (QED) is 0.148. The smallest absolute Gasteiger partial charge is 0.321 e. The number of aromatic nitrogens is 1. The topological polar surface area (TPSA) is 139 Å². The molecule has 4 atom stereocenters. The molecule has 280 valence electrons. The molecule has 53 heavy (non-hydrogen) atoms. The number of ether oxygens (including phenoxy) is 2. The predicted molar refractivity (Wildman–Crippen MR) is 203 cm³/mol. The van der Waals surface area contributed by atoms with Gasteiger partial charge in [-0.05, 0) is 49.1 Å². The van der Waals surface area contributed by atoms with Gasteiger partial charge in [0.1, 0.15) is 30.2 Å². The van der Waals surface area contributed by atoms with Gasteiger partial charge in [0.25, 0.3) is 0 Å². The number of aliphatic hydroxyl groups is 2. The molecular formula is C42H49ClN4O6. The summed E-state index contributed by atoms with van der Waals surface area (Å²) in [5.74, 6) is -0.0942. The number of β-amino-alcohol motifs (C(OH)–C–C–N with tert-alkyl or cyclic N) is 2. The maximum atomic E-state index is 12.0. The molecule has 1 aromatic heterocycles. The number of hydrogen-bond acceptors (Lipinski definition) is 9. The standard InChI is InChI=1S/C42H49ClN4O6/c1-41(2)35(31-9-4-3-5-10-31)11-8-14-42(41,13-6-7-15-46-16-12-33(48)25-46)28-53-39-20-38(52-27-30-17-29(21-44)22-45-23-30)32(18-36(39)43)24-47-26-34(49)19-37(47)40(50)51/h3-5,8-11,14,17-18,20,22-23,33-34,37,48-49H,6-7,12-13,15-16,19,24-28H2,1-2H3,(H,50,51)/t33-,34+,37+,42?/m1/s1. The lowest BCUT2D eigenvalue weighted by Crippen LogP contribution is -2.43.